The molecule has 0 fully saturated rings. The average Bonchev–Trinajstić information content (AvgIpc) is 3.31. The highest BCUT2D eigenvalue weighted by molar-refractivity contribution is 8.02. The predicted octanol–water partition coefficient (Wildman–Crippen LogP) is 3.73. The lowest BCUT2D eigenvalue weighted by Crippen LogP contribution is -2.04. The molecule has 1 aromatic carbocycles. The van der Waals surface area contributed by atoms with Crippen LogP contribution in [0.15, 0.2) is 33.1 Å². The summed E-state index contributed by atoms with van der Waals surface area (Å²) in [4.78, 5) is 14.3. The van der Waals surface area contributed by atoms with Gasteiger partial charge in [0.25, 0.3) is 0 Å². The van der Waals surface area contributed by atoms with Crippen molar-refractivity contribution < 1.29 is 14.4 Å². The molecule has 0 amide bonds. The molecule has 0 radical (unpaired) electrons. The van der Waals surface area contributed by atoms with Crippen molar-refractivity contribution >= 4 is 44.6 Å². The lowest BCUT2D eigenvalue weighted by molar-refractivity contribution is -0.380. The minimum absolute atomic E-state index is 0.00952. The summed E-state index contributed by atoms with van der Waals surface area (Å²) < 4.78 is 11.8. The van der Waals surface area contributed by atoms with Crippen LogP contribution in [0.25, 0.3) is 0 Å². The Morgan fingerprint density at radius 2 is 2.00 bits per heavy atom. The van der Waals surface area contributed by atoms with E-state index in [1.54, 1.807) is 14.2 Å². The van der Waals surface area contributed by atoms with Crippen molar-refractivity contribution in [3.63, 3.8) is 0 Å². The van der Waals surface area contributed by atoms with Crippen molar-refractivity contribution in [2.24, 2.45) is 0 Å². The first kappa shape index (κ1) is 19.3. The number of thiazole rings is 1. The molecule has 3 aromatic rings. The average molecular weight is 426 g/mol. The number of benzene rings is 1. The van der Waals surface area contributed by atoms with E-state index in [-0.39, 0.29) is 5.00 Å². The van der Waals surface area contributed by atoms with Gasteiger partial charge < -0.3 is 14.8 Å². The molecule has 0 bridgehead atoms. The van der Waals surface area contributed by atoms with Crippen LogP contribution < -0.4 is 14.8 Å². The Morgan fingerprint density at radius 1 is 1.19 bits per heavy atom. The summed E-state index contributed by atoms with van der Waals surface area (Å²) in [7, 11) is 3.21. The van der Waals surface area contributed by atoms with Gasteiger partial charge in [0.1, 0.15) is 6.20 Å². The highest BCUT2D eigenvalue weighted by Gasteiger charge is 2.14. The Balaban J connectivity index is 1.53. The molecule has 0 atom stereocenters. The monoisotopic (exact) mass is 425 g/mol. The number of aromatic nitrogens is 3. The minimum atomic E-state index is -0.455. The van der Waals surface area contributed by atoms with Gasteiger partial charge in [0, 0.05) is 6.54 Å². The van der Waals surface area contributed by atoms with Crippen LogP contribution in [-0.2, 0) is 6.42 Å². The smallest absolute Gasteiger partial charge is 0.344 e. The minimum Gasteiger partial charge on any atom is -0.493 e. The van der Waals surface area contributed by atoms with E-state index in [4.69, 9.17) is 9.47 Å². The van der Waals surface area contributed by atoms with E-state index < -0.39 is 4.92 Å². The number of rotatable bonds is 9. The Hall–Kier alpha value is -2.44. The fraction of sp³-hybridized carbons (Fsp3) is 0.267. The maximum absolute atomic E-state index is 10.7. The van der Waals surface area contributed by atoms with E-state index in [2.05, 4.69) is 20.5 Å². The first-order valence-corrected chi connectivity index (χ1v) is 10.1. The van der Waals surface area contributed by atoms with Crippen molar-refractivity contribution in [3.05, 3.63) is 40.1 Å². The Morgan fingerprint density at radius 3 is 2.70 bits per heavy atom. The predicted molar refractivity (Wildman–Crippen MR) is 105 cm³/mol. The number of ether oxygens (including phenoxy) is 2. The van der Waals surface area contributed by atoms with Crippen molar-refractivity contribution in [3.8, 4) is 11.5 Å². The lowest BCUT2D eigenvalue weighted by Gasteiger charge is -2.09. The van der Waals surface area contributed by atoms with E-state index in [0.29, 0.717) is 31.9 Å². The summed E-state index contributed by atoms with van der Waals surface area (Å²) in [5.74, 6) is 1.39. The van der Waals surface area contributed by atoms with Gasteiger partial charge in [0.15, 0.2) is 20.2 Å². The van der Waals surface area contributed by atoms with Crippen LogP contribution in [0.3, 0.4) is 0 Å². The van der Waals surface area contributed by atoms with Crippen LogP contribution in [0.1, 0.15) is 5.56 Å². The molecule has 0 aliphatic heterocycles. The highest BCUT2D eigenvalue weighted by Crippen LogP contribution is 2.36. The van der Waals surface area contributed by atoms with Gasteiger partial charge in [-0.2, -0.15) is 0 Å². The molecule has 0 aliphatic rings. The van der Waals surface area contributed by atoms with Gasteiger partial charge in [-0.05, 0) is 47.2 Å². The van der Waals surface area contributed by atoms with Crippen LogP contribution in [0, 0.1) is 10.1 Å². The van der Waals surface area contributed by atoms with Gasteiger partial charge in [-0.3, -0.25) is 10.1 Å². The zero-order valence-corrected chi connectivity index (χ0v) is 16.8. The van der Waals surface area contributed by atoms with Gasteiger partial charge in [0.2, 0.25) is 5.13 Å². The third-order valence-corrected chi connectivity index (χ3v) is 6.33. The van der Waals surface area contributed by atoms with E-state index in [1.165, 1.54) is 29.3 Å². The summed E-state index contributed by atoms with van der Waals surface area (Å²) in [5.41, 5.74) is 1.11. The van der Waals surface area contributed by atoms with Crippen molar-refractivity contribution in [2.75, 3.05) is 26.1 Å². The second-order valence-electron chi connectivity index (χ2n) is 5.06. The van der Waals surface area contributed by atoms with Crippen LogP contribution in [0.2, 0.25) is 0 Å². The van der Waals surface area contributed by atoms with Crippen molar-refractivity contribution in [1.82, 2.24) is 15.2 Å². The maximum atomic E-state index is 10.7. The largest absolute Gasteiger partial charge is 0.493 e. The Bertz CT molecular complexity index is 930. The molecule has 9 nitrogen and oxygen atoms in total. The van der Waals surface area contributed by atoms with Crippen LogP contribution in [0.5, 0.6) is 11.5 Å². The van der Waals surface area contributed by atoms with Gasteiger partial charge >= 0.3 is 5.00 Å². The number of nitrogens with zero attached hydrogens (tertiary/aromatic N) is 4. The summed E-state index contributed by atoms with van der Waals surface area (Å²) in [6.07, 6.45) is 2.03. The zero-order chi connectivity index (χ0) is 19.2. The zero-order valence-electron chi connectivity index (χ0n) is 14.4. The Labute approximate surface area is 166 Å². The lowest BCUT2D eigenvalue weighted by atomic mass is 10.1. The molecule has 0 saturated heterocycles. The van der Waals surface area contributed by atoms with Crippen LogP contribution in [-0.4, -0.2) is 40.9 Å². The third-order valence-electron chi connectivity index (χ3n) is 3.37. The van der Waals surface area contributed by atoms with Gasteiger partial charge in [0.05, 0.1) is 19.1 Å². The fourth-order valence-electron chi connectivity index (χ4n) is 2.13. The molecule has 142 valence electrons. The number of hydrogen-bond acceptors (Lipinski definition) is 11. The van der Waals surface area contributed by atoms with Crippen LogP contribution in [0.4, 0.5) is 10.1 Å². The number of anilines is 1. The molecule has 0 aliphatic carbocycles. The van der Waals surface area contributed by atoms with E-state index in [1.807, 2.05) is 18.2 Å². The molecular formula is C15H15N5O4S3. The van der Waals surface area contributed by atoms with E-state index >= 15 is 0 Å². The molecule has 1 N–H and O–H groups in total. The molecule has 2 aromatic heterocycles. The molecule has 2 heterocycles. The first-order chi connectivity index (χ1) is 13.1. The van der Waals surface area contributed by atoms with Gasteiger partial charge in [-0.15, -0.1) is 10.2 Å². The standard InChI is InChI=1S/C15H15N5O4S3/c1-23-10-4-3-9(7-11(10)24-2)5-6-16-13-18-19-15(26-13)27-14-17-8-12(25-14)20(21)22/h3-4,7-8H,5-6H2,1-2H3,(H,16,18). The summed E-state index contributed by atoms with van der Waals surface area (Å²) >= 11 is 3.65. The molecular weight excluding hydrogens is 410 g/mol. The van der Waals surface area contributed by atoms with Gasteiger partial charge in [-0.1, -0.05) is 17.4 Å². The second kappa shape index (κ2) is 8.97. The second-order valence-corrected chi connectivity index (χ2v) is 8.54. The van der Waals surface area contributed by atoms with Crippen molar-refractivity contribution in [1.29, 1.82) is 0 Å². The normalized spacial score (nSPS) is 10.6. The SMILES string of the molecule is COc1ccc(CCNc2nnc(Sc3ncc([N+](=O)[O-])s3)s2)cc1OC. The van der Waals surface area contributed by atoms with Crippen LogP contribution >= 0.6 is 34.4 Å². The summed E-state index contributed by atoms with van der Waals surface area (Å²) in [5, 5.41) is 22.8. The van der Waals surface area contributed by atoms with Gasteiger partial charge in [-0.25, -0.2) is 4.98 Å². The maximum Gasteiger partial charge on any atom is 0.344 e. The third kappa shape index (κ3) is 5.05. The van der Waals surface area contributed by atoms with E-state index in [9.17, 15) is 10.1 Å². The number of methoxy groups -OCH3 is 2. The molecule has 0 unspecified atom stereocenters. The first-order valence-electron chi connectivity index (χ1n) is 7.65. The topological polar surface area (TPSA) is 112 Å². The highest BCUT2D eigenvalue weighted by atomic mass is 32.2. The number of hydrogen-bond donors (Lipinski definition) is 1. The Kier molecular flexibility index (Phi) is 6.42. The summed E-state index contributed by atoms with van der Waals surface area (Å²) in [6, 6.07) is 5.80. The van der Waals surface area contributed by atoms with Crippen molar-refractivity contribution in [2.45, 2.75) is 15.1 Å². The quantitative estimate of drug-likeness (QED) is 0.405. The number of nitrogens with one attached hydrogen (secondary N) is 1. The van der Waals surface area contributed by atoms with E-state index in [0.717, 1.165) is 23.3 Å². The molecule has 0 saturated carbocycles. The molecule has 3 rings (SSSR count). The molecule has 12 heteroatoms. The fourth-order valence-corrected chi connectivity index (χ4v) is 4.89. The molecule has 0 spiro atoms. The number of nitro groups is 1. The summed E-state index contributed by atoms with van der Waals surface area (Å²) in [6.45, 7) is 0.678. The molecule has 27 heavy (non-hydrogen) atoms.